The van der Waals surface area contributed by atoms with Crippen molar-refractivity contribution < 1.29 is 4.42 Å². The van der Waals surface area contributed by atoms with E-state index in [9.17, 15) is 0 Å². The predicted molar refractivity (Wildman–Crippen MR) is 80.5 cm³/mol. The number of aromatic nitrogens is 3. The van der Waals surface area contributed by atoms with Crippen LogP contribution in [0.25, 0.3) is 11.3 Å². The van der Waals surface area contributed by atoms with E-state index >= 15 is 0 Å². The summed E-state index contributed by atoms with van der Waals surface area (Å²) in [6.07, 6.45) is 4.56. The minimum Gasteiger partial charge on any atom is -0.431 e. The molecule has 0 amide bonds. The Morgan fingerprint density at radius 1 is 1.24 bits per heavy atom. The molecule has 0 radical (unpaired) electrons. The quantitative estimate of drug-likeness (QED) is 0.706. The fourth-order valence-corrected chi connectivity index (χ4v) is 2.78. The van der Waals surface area contributed by atoms with Gasteiger partial charge in [0.25, 0.3) is 5.22 Å². The highest BCUT2D eigenvalue weighted by Gasteiger charge is 2.11. The van der Waals surface area contributed by atoms with Gasteiger partial charge in [0.1, 0.15) is 12.4 Å². The van der Waals surface area contributed by atoms with Crippen LogP contribution in [0.2, 0.25) is 0 Å². The van der Waals surface area contributed by atoms with Crippen molar-refractivity contribution in [2.24, 2.45) is 0 Å². The lowest BCUT2D eigenvalue weighted by molar-refractivity contribution is 0.466. The van der Waals surface area contributed by atoms with Crippen LogP contribution in [0.1, 0.15) is 5.69 Å². The minimum atomic E-state index is 0.303. The largest absolute Gasteiger partial charge is 0.431 e. The van der Waals surface area contributed by atoms with Gasteiger partial charge in [-0.25, -0.2) is 15.0 Å². The molecule has 1 aromatic carbocycles. The zero-order chi connectivity index (χ0) is 14.7. The maximum absolute atomic E-state index is 9.00. The van der Waals surface area contributed by atoms with Gasteiger partial charge in [0.15, 0.2) is 11.5 Å². The van der Waals surface area contributed by atoms with Crippen molar-refractivity contribution in [1.82, 2.24) is 15.0 Å². The molecule has 7 heteroatoms. The predicted octanol–water partition coefficient (Wildman–Crippen LogP) is 3.92. The Kier molecular flexibility index (Phi) is 3.99. The van der Waals surface area contributed by atoms with Crippen LogP contribution in [0, 0.1) is 11.3 Å². The molecule has 2 heterocycles. The van der Waals surface area contributed by atoms with Gasteiger partial charge in [-0.2, -0.15) is 5.26 Å². The first kappa shape index (κ1) is 13.8. The molecule has 3 rings (SSSR count). The second-order valence-corrected chi connectivity index (χ2v) is 5.86. The molecule has 0 saturated carbocycles. The van der Waals surface area contributed by atoms with Crippen LogP contribution in [0.4, 0.5) is 0 Å². The Bertz CT molecular complexity index is 828. The van der Waals surface area contributed by atoms with E-state index in [-0.39, 0.29) is 0 Å². The molecular weight excluding hydrogens is 352 g/mol. The van der Waals surface area contributed by atoms with Gasteiger partial charge >= 0.3 is 0 Å². The van der Waals surface area contributed by atoms with E-state index in [4.69, 9.17) is 9.68 Å². The summed E-state index contributed by atoms with van der Waals surface area (Å²) in [6, 6.07) is 9.76. The van der Waals surface area contributed by atoms with E-state index in [2.05, 4.69) is 30.9 Å². The zero-order valence-corrected chi connectivity index (χ0v) is 12.9. The van der Waals surface area contributed by atoms with Gasteiger partial charge < -0.3 is 4.42 Å². The van der Waals surface area contributed by atoms with Crippen molar-refractivity contribution in [3.05, 3.63) is 53.2 Å². The number of benzene rings is 1. The monoisotopic (exact) mass is 358 g/mol. The maximum Gasteiger partial charge on any atom is 0.261 e. The van der Waals surface area contributed by atoms with Gasteiger partial charge in [0.2, 0.25) is 0 Å². The van der Waals surface area contributed by atoms with Crippen LogP contribution in [-0.2, 0) is 0 Å². The summed E-state index contributed by atoms with van der Waals surface area (Å²) in [5.41, 5.74) is 1.23. The average molecular weight is 359 g/mol. The molecule has 0 saturated heterocycles. The van der Waals surface area contributed by atoms with Crippen LogP contribution in [0.15, 0.2) is 62.0 Å². The number of rotatable bonds is 3. The third-order valence-electron chi connectivity index (χ3n) is 2.58. The Labute approximate surface area is 133 Å². The van der Waals surface area contributed by atoms with Crippen LogP contribution in [0.5, 0.6) is 0 Å². The average Bonchev–Trinajstić information content (AvgIpc) is 2.96. The lowest BCUT2D eigenvalue weighted by Gasteiger charge is -1.98. The summed E-state index contributed by atoms with van der Waals surface area (Å²) >= 11 is 4.64. The molecule has 5 nitrogen and oxygen atoms in total. The van der Waals surface area contributed by atoms with E-state index in [1.807, 2.05) is 30.3 Å². The number of nitriles is 1. The Morgan fingerprint density at radius 3 is 2.95 bits per heavy atom. The Hall–Kier alpha value is -2.17. The first-order chi connectivity index (χ1) is 10.3. The number of hydrogen-bond acceptors (Lipinski definition) is 6. The molecule has 0 bridgehead atoms. The molecule has 0 fully saturated rings. The smallest absolute Gasteiger partial charge is 0.261 e. The molecule has 0 aliphatic carbocycles. The topological polar surface area (TPSA) is 75.6 Å². The van der Waals surface area contributed by atoms with Gasteiger partial charge in [-0.1, -0.05) is 28.1 Å². The highest BCUT2D eigenvalue weighted by Crippen LogP contribution is 2.31. The van der Waals surface area contributed by atoms with Crippen LogP contribution < -0.4 is 0 Å². The summed E-state index contributed by atoms with van der Waals surface area (Å²) in [4.78, 5) is 12.6. The molecule has 102 valence electrons. The first-order valence-corrected chi connectivity index (χ1v) is 7.47. The highest BCUT2D eigenvalue weighted by atomic mass is 79.9. The zero-order valence-electron chi connectivity index (χ0n) is 10.5. The van der Waals surface area contributed by atoms with Crippen LogP contribution in [0.3, 0.4) is 0 Å². The van der Waals surface area contributed by atoms with Crippen molar-refractivity contribution in [3.63, 3.8) is 0 Å². The Morgan fingerprint density at radius 2 is 2.14 bits per heavy atom. The fraction of sp³-hybridized carbons (Fsp3) is 0. The summed E-state index contributed by atoms with van der Waals surface area (Å²) in [6.45, 7) is 0. The number of halogens is 1. The van der Waals surface area contributed by atoms with Gasteiger partial charge in [0.05, 0.1) is 11.1 Å². The SMILES string of the molecule is N#Cc1ncncc1Sc1ncc(-c2cccc(Br)c2)o1. The van der Waals surface area contributed by atoms with Crippen molar-refractivity contribution >= 4 is 27.7 Å². The second kappa shape index (κ2) is 6.08. The van der Waals surface area contributed by atoms with E-state index in [0.29, 0.717) is 21.6 Å². The Balaban J connectivity index is 1.88. The molecule has 0 spiro atoms. The molecule has 0 atom stereocenters. The first-order valence-electron chi connectivity index (χ1n) is 5.86. The van der Waals surface area contributed by atoms with Gasteiger partial charge in [0, 0.05) is 16.2 Å². The maximum atomic E-state index is 9.00. The summed E-state index contributed by atoms with van der Waals surface area (Å²) in [5.74, 6) is 0.661. The summed E-state index contributed by atoms with van der Waals surface area (Å²) in [5, 5.41) is 9.44. The van der Waals surface area contributed by atoms with Crippen molar-refractivity contribution in [1.29, 1.82) is 5.26 Å². The van der Waals surface area contributed by atoms with Crippen molar-refractivity contribution in [2.45, 2.75) is 10.1 Å². The van der Waals surface area contributed by atoms with Gasteiger partial charge in [-0.3, -0.25) is 0 Å². The second-order valence-electron chi connectivity index (χ2n) is 3.95. The fourth-order valence-electron chi connectivity index (χ4n) is 1.65. The van der Waals surface area contributed by atoms with E-state index in [1.54, 1.807) is 12.4 Å². The van der Waals surface area contributed by atoms with E-state index in [1.165, 1.54) is 18.1 Å². The van der Waals surface area contributed by atoms with E-state index < -0.39 is 0 Å². The summed E-state index contributed by atoms with van der Waals surface area (Å²) < 4.78 is 6.66. The van der Waals surface area contributed by atoms with E-state index in [0.717, 1.165) is 10.0 Å². The standard InChI is InChI=1S/C14H7BrN4OS/c15-10-3-1-2-9(4-10)12-6-18-14(20-12)21-13-7-17-8-19-11(13)5-16/h1-4,6-8H. The molecule has 2 aromatic heterocycles. The number of nitrogens with zero attached hydrogens (tertiary/aromatic N) is 4. The molecule has 21 heavy (non-hydrogen) atoms. The molecule has 0 aliphatic heterocycles. The van der Waals surface area contributed by atoms with Crippen molar-refractivity contribution in [3.8, 4) is 17.4 Å². The van der Waals surface area contributed by atoms with Crippen molar-refractivity contribution in [2.75, 3.05) is 0 Å². The highest BCUT2D eigenvalue weighted by molar-refractivity contribution is 9.10. The normalized spacial score (nSPS) is 10.3. The molecule has 0 unspecified atom stereocenters. The lowest BCUT2D eigenvalue weighted by Crippen LogP contribution is -1.87. The van der Waals surface area contributed by atoms with Crippen LogP contribution in [-0.4, -0.2) is 15.0 Å². The minimum absolute atomic E-state index is 0.303. The third-order valence-corrected chi connectivity index (χ3v) is 3.95. The molecule has 3 aromatic rings. The lowest BCUT2D eigenvalue weighted by atomic mass is 10.2. The number of hydrogen-bond donors (Lipinski definition) is 0. The molecule has 0 aliphatic rings. The van der Waals surface area contributed by atoms with Crippen LogP contribution >= 0.6 is 27.7 Å². The molecular formula is C14H7BrN4OS. The summed E-state index contributed by atoms with van der Waals surface area (Å²) in [7, 11) is 0. The van der Waals surface area contributed by atoms with Gasteiger partial charge in [-0.05, 0) is 23.9 Å². The third kappa shape index (κ3) is 3.12. The number of oxazole rings is 1. The molecule has 0 N–H and O–H groups in total. The van der Waals surface area contributed by atoms with Gasteiger partial charge in [-0.15, -0.1) is 0 Å².